The topological polar surface area (TPSA) is 50.7 Å². The van der Waals surface area contributed by atoms with Gasteiger partial charge in [-0.05, 0) is 110 Å². The van der Waals surface area contributed by atoms with Gasteiger partial charge < -0.3 is 5.32 Å². The number of nitrogens with one attached hydrogen (secondary N) is 1. The van der Waals surface area contributed by atoms with E-state index in [1.54, 1.807) is 12.1 Å². The van der Waals surface area contributed by atoms with Crippen molar-refractivity contribution in [1.29, 1.82) is 0 Å². The number of halogens is 3. The number of pyridine rings is 1. The van der Waals surface area contributed by atoms with Crippen LogP contribution >= 0.6 is 27.5 Å². The van der Waals surface area contributed by atoms with Crippen molar-refractivity contribution in [2.45, 2.75) is 51.0 Å². The van der Waals surface area contributed by atoms with Crippen LogP contribution in [0.25, 0.3) is 21.8 Å². The molecule has 1 aliphatic carbocycles. The zero-order chi connectivity index (χ0) is 22.9. The average molecular weight is 528 g/mol. The van der Waals surface area contributed by atoms with Crippen molar-refractivity contribution in [3.63, 3.8) is 0 Å². The minimum Gasteiger partial charge on any atom is -0.367 e. The first-order chi connectivity index (χ1) is 16.0. The molecule has 170 valence electrons. The van der Waals surface area contributed by atoms with Crippen LogP contribution in [0.3, 0.4) is 0 Å². The molecule has 2 aromatic carbocycles. The van der Waals surface area contributed by atoms with Crippen LogP contribution in [-0.4, -0.2) is 21.0 Å². The van der Waals surface area contributed by atoms with Crippen molar-refractivity contribution in [2.24, 2.45) is 5.92 Å². The Bertz CT molecular complexity index is 1300. The maximum Gasteiger partial charge on any atom is 0.224 e. The molecule has 0 amide bonds. The van der Waals surface area contributed by atoms with Gasteiger partial charge >= 0.3 is 0 Å². The molecule has 0 unspecified atom stereocenters. The number of rotatable bonds is 5. The molecule has 1 atom stereocenters. The summed E-state index contributed by atoms with van der Waals surface area (Å²) < 4.78 is 14.8. The summed E-state index contributed by atoms with van der Waals surface area (Å²) in [6.45, 7) is 2.20. The lowest BCUT2D eigenvalue weighted by molar-refractivity contribution is 0.302. The molecule has 0 aliphatic heterocycles. The van der Waals surface area contributed by atoms with Crippen LogP contribution in [-0.2, 0) is 0 Å². The lowest BCUT2D eigenvalue weighted by Gasteiger charge is -2.31. The molecule has 0 saturated heterocycles. The lowest BCUT2D eigenvalue weighted by Crippen LogP contribution is -2.23. The predicted octanol–water partition coefficient (Wildman–Crippen LogP) is 7.90. The number of anilines is 1. The highest BCUT2D eigenvalue weighted by Crippen LogP contribution is 2.40. The van der Waals surface area contributed by atoms with Gasteiger partial charge in [-0.2, -0.15) is 0 Å². The summed E-state index contributed by atoms with van der Waals surface area (Å²) in [6.07, 6.45) is 7.47. The second-order valence-corrected chi connectivity index (χ2v) is 10.3. The third-order valence-corrected chi connectivity index (χ3v) is 7.39. The minimum absolute atomic E-state index is 0.199. The Kier molecular flexibility index (Phi) is 6.48. The van der Waals surface area contributed by atoms with E-state index >= 15 is 0 Å². The molecule has 33 heavy (non-hydrogen) atoms. The van der Waals surface area contributed by atoms with Crippen LogP contribution in [0, 0.1) is 11.7 Å². The molecule has 1 fully saturated rings. The molecule has 7 heteroatoms. The summed E-state index contributed by atoms with van der Waals surface area (Å²) in [4.78, 5) is 13.2. The molecule has 1 aliphatic rings. The highest BCUT2D eigenvalue weighted by atomic mass is 79.9. The van der Waals surface area contributed by atoms with Gasteiger partial charge in [-0.1, -0.05) is 15.9 Å². The van der Waals surface area contributed by atoms with Gasteiger partial charge in [0, 0.05) is 27.5 Å². The predicted molar refractivity (Wildman–Crippen MR) is 136 cm³/mol. The van der Waals surface area contributed by atoms with Crippen molar-refractivity contribution < 1.29 is 4.39 Å². The summed E-state index contributed by atoms with van der Waals surface area (Å²) in [6, 6.07) is 13.2. The number of hydrogen-bond donors (Lipinski definition) is 1. The first-order valence-electron chi connectivity index (χ1n) is 11.4. The number of aromatic nitrogens is 3. The zero-order valence-corrected chi connectivity index (χ0v) is 20.7. The third kappa shape index (κ3) is 4.97. The highest BCUT2D eigenvalue weighted by molar-refractivity contribution is 9.10. The summed E-state index contributed by atoms with van der Waals surface area (Å²) in [5.74, 6) is 1.69. The fraction of sp³-hybridized carbons (Fsp3) is 0.346. The Labute approximate surface area is 206 Å². The fourth-order valence-electron chi connectivity index (χ4n) is 5.18. The van der Waals surface area contributed by atoms with Crippen molar-refractivity contribution >= 4 is 55.2 Å². The van der Waals surface area contributed by atoms with Gasteiger partial charge in [0.05, 0.1) is 11.0 Å². The quantitative estimate of drug-likeness (QED) is 0.268. The third-order valence-electron chi connectivity index (χ3n) is 6.73. The van der Waals surface area contributed by atoms with Crippen molar-refractivity contribution in [2.75, 3.05) is 5.32 Å². The molecule has 0 bridgehead atoms. The van der Waals surface area contributed by atoms with E-state index in [1.165, 1.54) is 11.6 Å². The Hall–Kier alpha value is -2.31. The van der Waals surface area contributed by atoms with Gasteiger partial charge in [0.25, 0.3) is 0 Å². The first-order valence-corrected chi connectivity index (χ1v) is 12.6. The monoisotopic (exact) mass is 526 g/mol. The number of fused-ring (bicyclic) bond motifs is 2. The van der Waals surface area contributed by atoms with E-state index in [9.17, 15) is 4.39 Å². The van der Waals surface area contributed by atoms with Crippen molar-refractivity contribution in [3.05, 3.63) is 69.8 Å². The van der Waals surface area contributed by atoms with E-state index in [-0.39, 0.29) is 17.1 Å². The van der Waals surface area contributed by atoms with E-state index in [1.807, 2.05) is 24.4 Å². The molecule has 4 aromatic rings. The normalized spacial score (nSPS) is 19.6. The molecule has 0 spiro atoms. The molecule has 5 rings (SSSR count). The van der Waals surface area contributed by atoms with Gasteiger partial charge in [0.1, 0.15) is 11.6 Å². The van der Waals surface area contributed by atoms with E-state index in [0.717, 1.165) is 64.2 Å². The standard InChI is InChI=1S/C26H25BrClFN4/c1-15(31-25-21-8-6-18(27)13-24(21)32-26(28)33-25)12-16-2-4-17(5-3-16)20-10-11-30-23-9-7-19(29)14-22(20)23/h6-11,13-17H,2-5,12H2,1H3,(H,31,32,33)/t15-,16-,17+/m1/s1. The number of nitrogens with zero attached hydrogens (tertiary/aromatic N) is 3. The second kappa shape index (κ2) is 9.51. The molecule has 2 heterocycles. The zero-order valence-electron chi connectivity index (χ0n) is 18.4. The van der Waals surface area contributed by atoms with E-state index in [4.69, 9.17) is 11.6 Å². The van der Waals surface area contributed by atoms with Gasteiger partial charge in [-0.3, -0.25) is 4.98 Å². The average Bonchev–Trinajstić information content (AvgIpc) is 2.78. The van der Waals surface area contributed by atoms with E-state index in [0.29, 0.717) is 11.8 Å². The van der Waals surface area contributed by atoms with Crippen molar-refractivity contribution in [1.82, 2.24) is 15.0 Å². The van der Waals surface area contributed by atoms with Crippen LogP contribution in [0.1, 0.15) is 50.5 Å². The van der Waals surface area contributed by atoms with Gasteiger partial charge in [0.15, 0.2) is 0 Å². The highest BCUT2D eigenvalue weighted by Gasteiger charge is 2.25. The van der Waals surface area contributed by atoms with E-state index < -0.39 is 0 Å². The minimum atomic E-state index is -0.199. The Morgan fingerprint density at radius 2 is 1.85 bits per heavy atom. The van der Waals surface area contributed by atoms with Gasteiger partial charge in [-0.15, -0.1) is 0 Å². The van der Waals surface area contributed by atoms with E-state index in [2.05, 4.69) is 49.2 Å². The summed E-state index contributed by atoms with van der Waals surface area (Å²) in [5.41, 5.74) is 2.93. The SMILES string of the molecule is C[C@H](C[C@H]1CC[C@@H](c2ccnc3ccc(F)cc32)CC1)Nc1nc(Cl)nc2cc(Br)ccc12. The summed E-state index contributed by atoms with van der Waals surface area (Å²) in [7, 11) is 0. The fourth-order valence-corrected chi connectivity index (χ4v) is 5.71. The molecular weight excluding hydrogens is 503 g/mol. The Balaban J connectivity index is 1.24. The Morgan fingerprint density at radius 1 is 1.03 bits per heavy atom. The molecular formula is C26H25BrClFN4. The van der Waals surface area contributed by atoms with Crippen LogP contribution in [0.15, 0.2) is 53.1 Å². The van der Waals surface area contributed by atoms with Crippen LogP contribution in [0.2, 0.25) is 5.28 Å². The molecule has 1 N–H and O–H groups in total. The van der Waals surface area contributed by atoms with Crippen LogP contribution in [0.4, 0.5) is 10.2 Å². The largest absolute Gasteiger partial charge is 0.367 e. The molecule has 2 aromatic heterocycles. The first kappa shape index (κ1) is 22.5. The maximum absolute atomic E-state index is 13.9. The number of hydrogen-bond acceptors (Lipinski definition) is 4. The molecule has 4 nitrogen and oxygen atoms in total. The summed E-state index contributed by atoms with van der Waals surface area (Å²) in [5, 5.41) is 5.73. The van der Waals surface area contributed by atoms with Crippen LogP contribution < -0.4 is 5.32 Å². The lowest BCUT2D eigenvalue weighted by atomic mass is 9.76. The number of benzene rings is 2. The Morgan fingerprint density at radius 3 is 2.67 bits per heavy atom. The molecule has 1 saturated carbocycles. The maximum atomic E-state index is 13.9. The molecule has 0 radical (unpaired) electrons. The smallest absolute Gasteiger partial charge is 0.224 e. The van der Waals surface area contributed by atoms with Crippen molar-refractivity contribution in [3.8, 4) is 0 Å². The van der Waals surface area contributed by atoms with Crippen LogP contribution in [0.5, 0.6) is 0 Å². The second-order valence-electron chi connectivity index (χ2n) is 9.06. The summed E-state index contributed by atoms with van der Waals surface area (Å²) >= 11 is 9.66. The van der Waals surface area contributed by atoms with Gasteiger partial charge in [-0.25, -0.2) is 14.4 Å². The van der Waals surface area contributed by atoms with Gasteiger partial charge in [0.2, 0.25) is 5.28 Å².